The molecule has 0 bridgehead atoms. The van der Waals surface area contributed by atoms with E-state index in [-0.39, 0.29) is 0 Å². The first-order chi connectivity index (χ1) is 7.34. The number of rotatable bonds is 0. The number of hydrogen-bond acceptors (Lipinski definition) is 1. The van der Waals surface area contributed by atoms with Crippen molar-refractivity contribution < 1.29 is 0 Å². The van der Waals surface area contributed by atoms with Crippen LogP contribution in [0.25, 0.3) is 10.8 Å². The molecule has 0 amide bonds. The molecule has 1 heteroatoms. The van der Waals surface area contributed by atoms with E-state index in [1.165, 1.54) is 21.9 Å². The quantitative estimate of drug-likeness (QED) is 0.684. The second kappa shape index (κ2) is 3.35. The monoisotopic (exact) mass is 197 g/mol. The molecule has 15 heavy (non-hydrogen) atoms. The van der Waals surface area contributed by atoms with Gasteiger partial charge >= 0.3 is 0 Å². The van der Waals surface area contributed by atoms with Crippen LogP contribution in [0.15, 0.2) is 36.4 Å². The zero-order chi connectivity index (χ0) is 10.3. The maximum absolute atomic E-state index is 3.53. The van der Waals surface area contributed by atoms with Gasteiger partial charge in [-0.2, -0.15) is 0 Å². The molecule has 2 aromatic carbocycles. The molecule has 0 saturated heterocycles. The third kappa shape index (κ3) is 1.44. The highest BCUT2D eigenvalue weighted by Crippen LogP contribution is 2.25. The SMILES string of the molecule is CC1Cc2ccc3ccccc3c2CN1. The smallest absolute Gasteiger partial charge is 0.0217 e. The first-order valence-corrected chi connectivity index (χ1v) is 5.57. The lowest BCUT2D eigenvalue weighted by molar-refractivity contribution is 0.516. The van der Waals surface area contributed by atoms with Crippen LogP contribution in [0.4, 0.5) is 0 Å². The van der Waals surface area contributed by atoms with Crippen LogP contribution in [0, 0.1) is 0 Å². The Balaban J connectivity index is 2.25. The molecule has 0 saturated carbocycles. The van der Waals surface area contributed by atoms with Gasteiger partial charge in [-0.25, -0.2) is 0 Å². The normalized spacial score (nSPS) is 20.2. The third-order valence-electron chi connectivity index (χ3n) is 3.29. The summed E-state index contributed by atoms with van der Waals surface area (Å²) in [6, 6.07) is 13.8. The molecule has 0 radical (unpaired) electrons. The Morgan fingerprint density at radius 1 is 1.13 bits per heavy atom. The first-order valence-electron chi connectivity index (χ1n) is 5.57. The van der Waals surface area contributed by atoms with Gasteiger partial charge in [-0.15, -0.1) is 0 Å². The second-order valence-corrected chi connectivity index (χ2v) is 4.41. The fourth-order valence-corrected chi connectivity index (χ4v) is 2.46. The van der Waals surface area contributed by atoms with Gasteiger partial charge in [0.1, 0.15) is 0 Å². The van der Waals surface area contributed by atoms with Crippen LogP contribution in [-0.2, 0) is 13.0 Å². The minimum absolute atomic E-state index is 0.610. The second-order valence-electron chi connectivity index (χ2n) is 4.41. The number of fused-ring (bicyclic) bond motifs is 3. The van der Waals surface area contributed by atoms with Crippen molar-refractivity contribution in [3.63, 3.8) is 0 Å². The van der Waals surface area contributed by atoms with Gasteiger partial charge in [-0.3, -0.25) is 0 Å². The Hall–Kier alpha value is -1.34. The maximum atomic E-state index is 3.53. The molecule has 0 spiro atoms. The number of hydrogen-bond donors (Lipinski definition) is 1. The fourth-order valence-electron chi connectivity index (χ4n) is 2.46. The molecule has 3 rings (SSSR count). The Morgan fingerprint density at radius 3 is 2.93 bits per heavy atom. The molecule has 0 aliphatic carbocycles. The van der Waals surface area contributed by atoms with Gasteiger partial charge in [-0.1, -0.05) is 36.4 Å². The van der Waals surface area contributed by atoms with E-state index in [2.05, 4.69) is 48.6 Å². The zero-order valence-electron chi connectivity index (χ0n) is 8.96. The van der Waals surface area contributed by atoms with Gasteiger partial charge in [0.15, 0.2) is 0 Å². The van der Waals surface area contributed by atoms with Crippen molar-refractivity contribution in [1.29, 1.82) is 0 Å². The summed E-state index contributed by atoms with van der Waals surface area (Å²) in [6.07, 6.45) is 1.15. The predicted octanol–water partition coefficient (Wildman–Crippen LogP) is 2.87. The largest absolute Gasteiger partial charge is 0.310 e. The summed E-state index contributed by atoms with van der Waals surface area (Å²) >= 11 is 0. The average molecular weight is 197 g/mol. The molecule has 1 atom stereocenters. The van der Waals surface area contributed by atoms with E-state index in [9.17, 15) is 0 Å². The fraction of sp³-hybridized carbons (Fsp3) is 0.286. The lowest BCUT2D eigenvalue weighted by Crippen LogP contribution is -2.32. The summed E-state index contributed by atoms with van der Waals surface area (Å²) in [6.45, 7) is 3.26. The minimum Gasteiger partial charge on any atom is -0.310 e. The lowest BCUT2D eigenvalue weighted by atomic mass is 9.92. The van der Waals surface area contributed by atoms with Gasteiger partial charge in [0.25, 0.3) is 0 Å². The van der Waals surface area contributed by atoms with Crippen LogP contribution in [0.3, 0.4) is 0 Å². The van der Waals surface area contributed by atoms with E-state index in [1.54, 1.807) is 0 Å². The zero-order valence-corrected chi connectivity index (χ0v) is 8.96. The Bertz CT molecular complexity index is 502. The Morgan fingerprint density at radius 2 is 2.00 bits per heavy atom. The van der Waals surface area contributed by atoms with Crippen molar-refractivity contribution in [1.82, 2.24) is 5.32 Å². The molecule has 1 nitrogen and oxygen atoms in total. The molecule has 2 aromatic rings. The molecular weight excluding hydrogens is 182 g/mol. The first kappa shape index (κ1) is 8.93. The molecule has 1 unspecified atom stereocenters. The van der Waals surface area contributed by atoms with Crippen LogP contribution in [0.2, 0.25) is 0 Å². The van der Waals surface area contributed by atoms with Crippen molar-refractivity contribution in [2.24, 2.45) is 0 Å². The molecular formula is C14H15N. The molecule has 0 aromatic heterocycles. The summed E-state index contributed by atoms with van der Waals surface area (Å²) in [5, 5.41) is 6.30. The van der Waals surface area contributed by atoms with Crippen LogP contribution >= 0.6 is 0 Å². The van der Waals surface area contributed by atoms with Crippen molar-refractivity contribution in [2.75, 3.05) is 0 Å². The van der Waals surface area contributed by atoms with Crippen molar-refractivity contribution >= 4 is 10.8 Å². The lowest BCUT2D eigenvalue weighted by Gasteiger charge is -2.24. The highest BCUT2D eigenvalue weighted by Gasteiger charge is 2.15. The number of nitrogens with one attached hydrogen (secondary N) is 1. The molecule has 1 aliphatic heterocycles. The molecule has 1 aliphatic rings. The van der Waals surface area contributed by atoms with Gasteiger partial charge < -0.3 is 5.32 Å². The van der Waals surface area contributed by atoms with E-state index < -0.39 is 0 Å². The predicted molar refractivity (Wildman–Crippen MR) is 64.0 cm³/mol. The van der Waals surface area contributed by atoms with Crippen molar-refractivity contribution in [3.8, 4) is 0 Å². The average Bonchev–Trinajstić information content (AvgIpc) is 2.28. The van der Waals surface area contributed by atoms with Crippen molar-refractivity contribution in [3.05, 3.63) is 47.5 Å². The van der Waals surface area contributed by atoms with E-state index in [4.69, 9.17) is 0 Å². The minimum atomic E-state index is 0.610. The van der Waals surface area contributed by atoms with Crippen LogP contribution < -0.4 is 5.32 Å². The summed E-state index contributed by atoms with van der Waals surface area (Å²) in [4.78, 5) is 0. The standard InChI is InChI=1S/C14H15N/c1-10-8-12-7-6-11-4-2-3-5-13(11)14(12)9-15-10/h2-7,10,15H,8-9H2,1H3. The summed E-state index contributed by atoms with van der Waals surface area (Å²) in [7, 11) is 0. The Labute approximate surface area is 90.1 Å². The van der Waals surface area contributed by atoms with E-state index in [0.29, 0.717) is 6.04 Å². The summed E-state index contributed by atoms with van der Waals surface area (Å²) < 4.78 is 0. The topological polar surface area (TPSA) is 12.0 Å². The van der Waals surface area contributed by atoms with E-state index in [1.807, 2.05) is 0 Å². The summed E-state index contributed by atoms with van der Waals surface area (Å²) in [5.41, 5.74) is 3.01. The van der Waals surface area contributed by atoms with Gasteiger partial charge in [-0.05, 0) is 35.2 Å². The van der Waals surface area contributed by atoms with Gasteiger partial charge in [0.2, 0.25) is 0 Å². The maximum Gasteiger partial charge on any atom is 0.0217 e. The van der Waals surface area contributed by atoms with E-state index in [0.717, 1.165) is 13.0 Å². The molecule has 0 fully saturated rings. The van der Waals surface area contributed by atoms with Crippen LogP contribution in [-0.4, -0.2) is 6.04 Å². The van der Waals surface area contributed by atoms with E-state index >= 15 is 0 Å². The highest BCUT2D eigenvalue weighted by molar-refractivity contribution is 5.86. The molecule has 76 valence electrons. The van der Waals surface area contributed by atoms with Gasteiger partial charge in [0.05, 0.1) is 0 Å². The summed E-state index contributed by atoms with van der Waals surface area (Å²) in [5.74, 6) is 0. The highest BCUT2D eigenvalue weighted by atomic mass is 14.9. The molecule has 1 N–H and O–H groups in total. The van der Waals surface area contributed by atoms with Crippen LogP contribution in [0.5, 0.6) is 0 Å². The Kier molecular flexibility index (Phi) is 2.00. The number of benzene rings is 2. The van der Waals surface area contributed by atoms with Crippen molar-refractivity contribution in [2.45, 2.75) is 25.9 Å². The third-order valence-corrected chi connectivity index (χ3v) is 3.29. The van der Waals surface area contributed by atoms with Crippen LogP contribution in [0.1, 0.15) is 18.1 Å². The van der Waals surface area contributed by atoms with Gasteiger partial charge in [0, 0.05) is 12.6 Å². The molecule has 1 heterocycles.